The first-order chi connectivity index (χ1) is 13.2. The molecule has 0 spiro atoms. The van der Waals surface area contributed by atoms with Crippen LogP contribution in [-0.2, 0) is 30.7 Å². The number of nitrogens with one attached hydrogen (secondary N) is 1. The Labute approximate surface area is 167 Å². The minimum atomic E-state index is -0.706. The van der Waals surface area contributed by atoms with Crippen LogP contribution in [0.25, 0.3) is 0 Å². The first-order valence-electron chi connectivity index (χ1n) is 10.1. The van der Waals surface area contributed by atoms with Crippen molar-refractivity contribution < 1.29 is 9.90 Å². The number of aryl methyl sites for hydroxylation is 2. The quantitative estimate of drug-likeness (QED) is 0.803. The van der Waals surface area contributed by atoms with E-state index < -0.39 is 5.60 Å². The van der Waals surface area contributed by atoms with Gasteiger partial charge in [-0.2, -0.15) is 5.10 Å². The summed E-state index contributed by atoms with van der Waals surface area (Å²) >= 11 is 0. The molecule has 0 bridgehead atoms. The van der Waals surface area contributed by atoms with Gasteiger partial charge < -0.3 is 10.4 Å². The van der Waals surface area contributed by atoms with Crippen molar-refractivity contribution in [2.45, 2.75) is 66.2 Å². The molecule has 0 saturated carbocycles. The van der Waals surface area contributed by atoms with Crippen LogP contribution in [0.15, 0.2) is 18.2 Å². The molecule has 0 unspecified atom stereocenters. The average molecular weight is 385 g/mol. The van der Waals surface area contributed by atoms with Crippen molar-refractivity contribution in [3.8, 4) is 0 Å². The van der Waals surface area contributed by atoms with Crippen LogP contribution >= 0.6 is 0 Å². The standard InChI is InChI=1S/C22H32N4O2/c1-6-26-16(3)19(15(2)24-26)12-21(27)23-20-9-7-8-17-13-25(11-10-18(17)20)14-22(4,5)28/h7-9,28H,6,10-14H2,1-5H3,(H,23,27). The fourth-order valence-electron chi connectivity index (χ4n) is 4.12. The Morgan fingerprint density at radius 1 is 1.32 bits per heavy atom. The molecule has 1 aliphatic heterocycles. The molecule has 1 aromatic heterocycles. The Balaban J connectivity index is 1.72. The zero-order chi connectivity index (χ0) is 20.5. The number of β-amino-alcohol motifs (C(OH)–C–C–N with tert-alkyl or cyclic N) is 1. The third kappa shape index (κ3) is 4.62. The first-order valence-corrected chi connectivity index (χ1v) is 10.1. The maximum Gasteiger partial charge on any atom is 0.228 e. The van der Waals surface area contributed by atoms with Crippen molar-refractivity contribution in [2.24, 2.45) is 0 Å². The van der Waals surface area contributed by atoms with E-state index in [1.165, 1.54) is 11.1 Å². The number of fused-ring (bicyclic) bond motifs is 1. The second kappa shape index (κ2) is 8.05. The Kier molecular flexibility index (Phi) is 5.91. The minimum absolute atomic E-state index is 0.00539. The normalized spacial score (nSPS) is 14.8. The molecule has 3 rings (SSSR count). The molecule has 2 aromatic rings. The molecule has 1 aromatic carbocycles. The molecule has 1 amide bonds. The highest BCUT2D eigenvalue weighted by Gasteiger charge is 2.24. The molecule has 2 N–H and O–H groups in total. The fraction of sp³-hybridized carbons (Fsp3) is 0.545. The van der Waals surface area contributed by atoms with Crippen molar-refractivity contribution in [1.29, 1.82) is 0 Å². The molecule has 0 radical (unpaired) electrons. The number of hydrogen-bond donors (Lipinski definition) is 2. The fourth-order valence-corrected chi connectivity index (χ4v) is 4.12. The maximum absolute atomic E-state index is 12.7. The van der Waals surface area contributed by atoms with Gasteiger partial charge in [-0.1, -0.05) is 12.1 Å². The lowest BCUT2D eigenvalue weighted by Crippen LogP contribution is -2.41. The predicted octanol–water partition coefficient (Wildman–Crippen LogP) is 2.83. The monoisotopic (exact) mass is 384 g/mol. The molecule has 28 heavy (non-hydrogen) atoms. The molecule has 0 atom stereocenters. The van der Waals surface area contributed by atoms with Gasteiger partial charge in [0.1, 0.15) is 0 Å². The maximum atomic E-state index is 12.7. The Morgan fingerprint density at radius 2 is 2.07 bits per heavy atom. The Bertz CT molecular complexity index is 864. The van der Waals surface area contributed by atoms with Crippen LogP contribution in [0.1, 0.15) is 48.8 Å². The summed E-state index contributed by atoms with van der Waals surface area (Å²) in [5.41, 5.74) is 5.63. The van der Waals surface area contributed by atoms with Crippen molar-refractivity contribution in [2.75, 3.05) is 18.4 Å². The molecule has 1 aliphatic rings. The van der Waals surface area contributed by atoms with Crippen LogP contribution in [0.5, 0.6) is 0 Å². The van der Waals surface area contributed by atoms with Gasteiger partial charge in [0.05, 0.1) is 17.7 Å². The summed E-state index contributed by atoms with van der Waals surface area (Å²) in [5, 5.41) is 17.7. The number of aromatic nitrogens is 2. The van der Waals surface area contributed by atoms with Crippen LogP contribution in [0.3, 0.4) is 0 Å². The zero-order valence-electron chi connectivity index (χ0n) is 17.7. The Hall–Kier alpha value is -2.18. The summed E-state index contributed by atoms with van der Waals surface area (Å²) < 4.78 is 1.94. The van der Waals surface area contributed by atoms with Gasteiger partial charge in [-0.25, -0.2) is 0 Å². The van der Waals surface area contributed by atoms with Crippen molar-refractivity contribution in [3.05, 3.63) is 46.3 Å². The highest BCUT2D eigenvalue weighted by molar-refractivity contribution is 5.93. The topological polar surface area (TPSA) is 70.4 Å². The number of benzene rings is 1. The van der Waals surface area contributed by atoms with Gasteiger partial charge in [0.25, 0.3) is 0 Å². The van der Waals surface area contributed by atoms with Gasteiger partial charge in [-0.3, -0.25) is 14.4 Å². The molecular formula is C22H32N4O2. The average Bonchev–Trinajstić information content (AvgIpc) is 2.88. The number of carbonyl (C=O) groups is 1. The van der Waals surface area contributed by atoms with Gasteiger partial charge >= 0.3 is 0 Å². The van der Waals surface area contributed by atoms with E-state index in [2.05, 4.69) is 28.3 Å². The molecule has 2 heterocycles. The summed E-state index contributed by atoms with van der Waals surface area (Å²) in [6.07, 6.45) is 1.21. The van der Waals surface area contributed by atoms with E-state index in [9.17, 15) is 9.90 Å². The van der Waals surface area contributed by atoms with Gasteiger partial charge in [0, 0.05) is 43.1 Å². The molecule has 6 nitrogen and oxygen atoms in total. The third-order valence-electron chi connectivity index (χ3n) is 5.40. The van der Waals surface area contributed by atoms with Gasteiger partial charge in [0.15, 0.2) is 0 Å². The number of rotatable bonds is 6. The van der Waals surface area contributed by atoms with Crippen LogP contribution in [0.4, 0.5) is 5.69 Å². The summed E-state index contributed by atoms with van der Waals surface area (Å²) in [5.74, 6) is -0.00539. The lowest BCUT2D eigenvalue weighted by atomic mass is 9.96. The van der Waals surface area contributed by atoms with Crippen LogP contribution < -0.4 is 5.32 Å². The first kappa shape index (κ1) is 20.6. The van der Waals surface area contributed by atoms with Gasteiger partial charge in [-0.15, -0.1) is 0 Å². The SMILES string of the molecule is CCn1nc(C)c(CC(=O)Nc2cccc3c2CCN(CC(C)(C)O)C3)c1C. The Morgan fingerprint density at radius 3 is 2.71 bits per heavy atom. The number of anilines is 1. The lowest BCUT2D eigenvalue weighted by molar-refractivity contribution is -0.115. The third-order valence-corrected chi connectivity index (χ3v) is 5.40. The largest absolute Gasteiger partial charge is 0.389 e. The van der Waals surface area contributed by atoms with Crippen LogP contribution in [0, 0.1) is 13.8 Å². The molecule has 0 saturated heterocycles. The van der Waals surface area contributed by atoms with E-state index in [1.54, 1.807) is 0 Å². The number of hydrogen-bond acceptors (Lipinski definition) is 4. The summed E-state index contributed by atoms with van der Waals surface area (Å²) in [6, 6.07) is 6.09. The van der Waals surface area contributed by atoms with E-state index in [-0.39, 0.29) is 5.91 Å². The lowest BCUT2D eigenvalue weighted by Gasteiger charge is -2.33. The summed E-state index contributed by atoms with van der Waals surface area (Å²) in [4.78, 5) is 15.0. The summed E-state index contributed by atoms with van der Waals surface area (Å²) in [6.45, 7) is 12.8. The minimum Gasteiger partial charge on any atom is -0.389 e. The van der Waals surface area contributed by atoms with Crippen molar-refractivity contribution in [1.82, 2.24) is 14.7 Å². The van der Waals surface area contributed by atoms with Gasteiger partial charge in [-0.05, 0) is 58.2 Å². The van der Waals surface area contributed by atoms with Crippen LogP contribution in [-0.4, -0.2) is 44.4 Å². The van der Waals surface area contributed by atoms with E-state index in [1.807, 2.05) is 44.5 Å². The molecule has 152 valence electrons. The zero-order valence-corrected chi connectivity index (χ0v) is 17.7. The van der Waals surface area contributed by atoms with Gasteiger partial charge in [0.2, 0.25) is 5.91 Å². The predicted molar refractivity (Wildman–Crippen MR) is 111 cm³/mol. The van der Waals surface area contributed by atoms with E-state index in [4.69, 9.17) is 0 Å². The van der Waals surface area contributed by atoms with Crippen molar-refractivity contribution in [3.63, 3.8) is 0 Å². The second-order valence-corrected chi connectivity index (χ2v) is 8.41. The number of aliphatic hydroxyl groups is 1. The van der Waals surface area contributed by atoms with Crippen LogP contribution in [0.2, 0.25) is 0 Å². The summed E-state index contributed by atoms with van der Waals surface area (Å²) in [7, 11) is 0. The molecule has 0 aliphatic carbocycles. The van der Waals surface area contributed by atoms with E-state index in [0.29, 0.717) is 13.0 Å². The number of nitrogens with zero attached hydrogens (tertiary/aromatic N) is 3. The van der Waals surface area contributed by atoms with Crippen molar-refractivity contribution >= 4 is 11.6 Å². The highest BCUT2D eigenvalue weighted by atomic mass is 16.3. The molecule has 6 heteroatoms. The second-order valence-electron chi connectivity index (χ2n) is 8.41. The van der Waals surface area contributed by atoms with E-state index >= 15 is 0 Å². The molecular weight excluding hydrogens is 352 g/mol. The number of carbonyl (C=O) groups excluding carboxylic acids is 1. The van der Waals surface area contributed by atoms with E-state index in [0.717, 1.165) is 48.7 Å². The smallest absolute Gasteiger partial charge is 0.228 e. The molecule has 0 fully saturated rings. The highest BCUT2D eigenvalue weighted by Crippen LogP contribution is 2.27. The number of amides is 1.